The first-order chi connectivity index (χ1) is 10.2. The Morgan fingerprint density at radius 2 is 1.55 bits per heavy atom. The highest BCUT2D eigenvalue weighted by Crippen LogP contribution is 2.56. The van der Waals surface area contributed by atoms with Gasteiger partial charge < -0.3 is 0 Å². The van der Waals surface area contributed by atoms with E-state index >= 15 is 0 Å². The highest BCUT2D eigenvalue weighted by atomic mass is 79.9. The molecule has 3 rings (SSSR count). The number of hydrogen-bond donors (Lipinski definition) is 0. The van der Waals surface area contributed by atoms with E-state index < -0.39 is 0 Å². The lowest BCUT2D eigenvalue weighted by Gasteiger charge is -2.53. The molecule has 22 heavy (non-hydrogen) atoms. The summed E-state index contributed by atoms with van der Waals surface area (Å²) in [5.41, 5.74) is 3.68. The number of halogens is 1. The number of benzene rings is 1. The molecule has 0 saturated carbocycles. The smallest absolute Gasteiger partial charge is 0.113 e. The van der Waals surface area contributed by atoms with Crippen LogP contribution in [0.25, 0.3) is 0 Å². The summed E-state index contributed by atoms with van der Waals surface area (Å²) in [5.74, 6) is 0.783. The Morgan fingerprint density at radius 3 is 2.14 bits per heavy atom. The minimum absolute atomic E-state index is 0.149. The summed E-state index contributed by atoms with van der Waals surface area (Å²) in [5, 5.41) is 11.5. The Labute approximate surface area is 141 Å². The molecule has 0 aromatic heterocycles. The lowest BCUT2D eigenvalue weighted by atomic mass is 9.57. The van der Waals surface area contributed by atoms with Crippen molar-refractivity contribution in [3.8, 4) is 0 Å². The third-order valence-electron chi connectivity index (χ3n) is 6.49. The Morgan fingerprint density at radius 1 is 1.00 bits per heavy atom. The van der Waals surface area contributed by atoms with Gasteiger partial charge >= 0.3 is 0 Å². The van der Waals surface area contributed by atoms with Crippen LogP contribution in [-0.4, -0.2) is 11.1 Å². The van der Waals surface area contributed by atoms with E-state index in [4.69, 9.17) is 5.11 Å². The van der Waals surface area contributed by atoms with E-state index in [9.17, 15) is 0 Å². The van der Waals surface area contributed by atoms with Crippen LogP contribution in [0.5, 0.6) is 0 Å². The number of fused-ring (bicyclic) bond motifs is 1. The normalized spacial score (nSPS) is 37.7. The first kappa shape index (κ1) is 15.7. The molecule has 1 aliphatic heterocycles. The van der Waals surface area contributed by atoms with E-state index in [1.807, 2.05) is 0 Å². The van der Waals surface area contributed by atoms with Crippen molar-refractivity contribution in [3.05, 3.63) is 39.9 Å². The molecule has 3 nitrogen and oxygen atoms in total. The zero-order chi connectivity index (χ0) is 16.3. The number of anilines is 1. The molecule has 0 unspecified atom stereocenters. The molecular weight excluding hydrogens is 338 g/mol. The Bertz CT molecular complexity index is 663. The van der Waals surface area contributed by atoms with Gasteiger partial charge in [0, 0.05) is 16.3 Å². The SMILES string of the molecule is CC1=C(C)[C@H](C)[C@]2(C)N(c3ccc(Br)cc3)N=N[C@]2(C)[C@H]1C. The van der Waals surface area contributed by atoms with Crippen molar-refractivity contribution in [1.82, 2.24) is 0 Å². The van der Waals surface area contributed by atoms with Crippen molar-refractivity contribution in [2.75, 3.05) is 5.01 Å². The largest absolute Gasteiger partial charge is 0.238 e. The maximum atomic E-state index is 4.76. The molecule has 0 saturated heterocycles. The summed E-state index contributed by atoms with van der Waals surface area (Å²) in [6, 6.07) is 8.35. The Hall–Kier alpha value is -1.16. The van der Waals surface area contributed by atoms with Crippen LogP contribution >= 0.6 is 15.9 Å². The Balaban J connectivity index is 2.15. The van der Waals surface area contributed by atoms with Gasteiger partial charge in [-0.2, -0.15) is 5.11 Å². The van der Waals surface area contributed by atoms with Crippen LogP contribution in [0.3, 0.4) is 0 Å². The van der Waals surface area contributed by atoms with E-state index in [2.05, 4.69) is 92.0 Å². The third-order valence-corrected chi connectivity index (χ3v) is 7.01. The van der Waals surface area contributed by atoms with Gasteiger partial charge in [0.1, 0.15) is 5.54 Å². The minimum atomic E-state index is -0.205. The molecule has 2 aliphatic rings. The highest BCUT2D eigenvalue weighted by molar-refractivity contribution is 9.10. The van der Waals surface area contributed by atoms with Gasteiger partial charge in [0.05, 0.1) is 11.2 Å². The van der Waals surface area contributed by atoms with Crippen molar-refractivity contribution in [2.24, 2.45) is 22.2 Å². The maximum Gasteiger partial charge on any atom is 0.113 e. The first-order valence-corrected chi connectivity index (χ1v) is 8.68. The second-order valence-corrected chi connectivity index (χ2v) is 8.00. The van der Waals surface area contributed by atoms with Crippen LogP contribution in [0, 0.1) is 11.8 Å². The molecule has 1 heterocycles. The van der Waals surface area contributed by atoms with Gasteiger partial charge in [0.25, 0.3) is 0 Å². The van der Waals surface area contributed by atoms with Gasteiger partial charge in [0.2, 0.25) is 0 Å². The van der Waals surface area contributed by atoms with E-state index in [1.54, 1.807) is 0 Å². The lowest BCUT2D eigenvalue weighted by Crippen LogP contribution is -2.64. The number of rotatable bonds is 1. The van der Waals surface area contributed by atoms with Crippen LogP contribution in [0.1, 0.15) is 41.5 Å². The molecule has 118 valence electrons. The van der Waals surface area contributed by atoms with Crippen molar-refractivity contribution < 1.29 is 0 Å². The molecule has 0 fully saturated rings. The molecule has 0 spiro atoms. The fourth-order valence-corrected chi connectivity index (χ4v) is 4.39. The van der Waals surface area contributed by atoms with Crippen LogP contribution < -0.4 is 5.01 Å². The van der Waals surface area contributed by atoms with Crippen molar-refractivity contribution in [2.45, 2.75) is 52.6 Å². The second-order valence-electron chi connectivity index (χ2n) is 7.08. The number of hydrogen-bond acceptors (Lipinski definition) is 3. The fourth-order valence-electron chi connectivity index (χ4n) is 4.12. The molecule has 0 radical (unpaired) electrons. The van der Waals surface area contributed by atoms with Crippen LogP contribution in [-0.2, 0) is 0 Å². The molecular formula is C18H24BrN3. The minimum Gasteiger partial charge on any atom is -0.238 e. The summed E-state index contributed by atoms with van der Waals surface area (Å²) >= 11 is 3.51. The van der Waals surface area contributed by atoms with E-state index in [1.165, 1.54) is 11.1 Å². The molecule has 0 amide bonds. The zero-order valence-electron chi connectivity index (χ0n) is 14.2. The summed E-state index contributed by atoms with van der Waals surface area (Å²) in [7, 11) is 0. The van der Waals surface area contributed by atoms with Gasteiger partial charge in [-0.15, -0.1) is 0 Å². The average molecular weight is 362 g/mol. The van der Waals surface area contributed by atoms with Crippen molar-refractivity contribution in [1.29, 1.82) is 0 Å². The quantitative estimate of drug-likeness (QED) is 0.582. The predicted molar refractivity (Wildman–Crippen MR) is 95.0 cm³/mol. The van der Waals surface area contributed by atoms with Gasteiger partial charge in [-0.25, -0.2) is 5.01 Å². The summed E-state index contributed by atoms with van der Waals surface area (Å²) < 4.78 is 1.08. The lowest BCUT2D eigenvalue weighted by molar-refractivity contribution is 0.158. The fraction of sp³-hybridized carbons (Fsp3) is 0.556. The standard InChI is InChI=1S/C18H24BrN3/c1-11-12(2)14(4)18(6)17(5,13(11)3)20-21-22(18)16-9-7-15(19)8-10-16/h7-10,13-14H,1-6H3/t13-,14-,17+,18-/m0/s1. The molecule has 4 heteroatoms. The van der Waals surface area contributed by atoms with Gasteiger partial charge in [-0.3, -0.25) is 0 Å². The van der Waals surface area contributed by atoms with Crippen molar-refractivity contribution >= 4 is 21.6 Å². The Kier molecular flexibility index (Phi) is 3.52. The first-order valence-electron chi connectivity index (χ1n) is 7.89. The summed E-state index contributed by atoms with van der Waals surface area (Å²) in [6.07, 6.45) is 0. The zero-order valence-corrected chi connectivity index (χ0v) is 15.8. The van der Waals surface area contributed by atoms with Crippen LogP contribution in [0.4, 0.5) is 5.69 Å². The summed E-state index contributed by atoms with van der Waals surface area (Å²) in [4.78, 5) is 0. The van der Waals surface area contributed by atoms with E-state index in [0.29, 0.717) is 11.8 Å². The molecule has 1 aromatic rings. The predicted octanol–water partition coefficient (Wildman–Crippen LogP) is 5.78. The maximum absolute atomic E-state index is 4.76. The molecule has 0 bridgehead atoms. The van der Waals surface area contributed by atoms with Gasteiger partial charge in [0.15, 0.2) is 0 Å². The number of nitrogens with zero attached hydrogens (tertiary/aromatic N) is 3. The second kappa shape index (κ2) is 4.92. The molecule has 1 aromatic carbocycles. The van der Waals surface area contributed by atoms with Crippen LogP contribution in [0.2, 0.25) is 0 Å². The van der Waals surface area contributed by atoms with Crippen LogP contribution in [0.15, 0.2) is 50.2 Å². The molecule has 1 aliphatic carbocycles. The van der Waals surface area contributed by atoms with Gasteiger partial charge in [-0.05, 0) is 52.0 Å². The monoisotopic (exact) mass is 361 g/mol. The van der Waals surface area contributed by atoms with E-state index in [-0.39, 0.29) is 11.1 Å². The van der Waals surface area contributed by atoms with Gasteiger partial charge in [-0.1, -0.05) is 46.1 Å². The highest BCUT2D eigenvalue weighted by Gasteiger charge is 2.62. The van der Waals surface area contributed by atoms with Crippen molar-refractivity contribution in [3.63, 3.8) is 0 Å². The third kappa shape index (κ3) is 1.79. The molecule has 4 atom stereocenters. The molecule has 0 N–H and O–H groups in total. The van der Waals surface area contributed by atoms with E-state index in [0.717, 1.165) is 10.2 Å². The summed E-state index contributed by atoms with van der Waals surface area (Å²) in [6.45, 7) is 13.7. The average Bonchev–Trinajstić information content (AvgIpc) is 2.79. The topological polar surface area (TPSA) is 28.0 Å².